The summed E-state index contributed by atoms with van der Waals surface area (Å²) >= 11 is 0. The molecule has 0 unspecified atom stereocenters. The maximum atomic E-state index is 14.1. The van der Waals surface area contributed by atoms with Crippen LogP contribution in [0.2, 0.25) is 0 Å². The zero-order valence-electron chi connectivity index (χ0n) is 37.7. The number of carboxylic acids is 1. The smallest absolute Gasteiger partial charge is 0.309 e. The summed E-state index contributed by atoms with van der Waals surface area (Å²) < 4.78 is 6.44. The van der Waals surface area contributed by atoms with E-state index in [1.165, 1.54) is 5.57 Å². The summed E-state index contributed by atoms with van der Waals surface area (Å²) in [4.78, 5) is 52.5. The summed E-state index contributed by atoms with van der Waals surface area (Å²) in [7, 11) is 0. The molecule has 6 aliphatic rings. The Kier molecular flexibility index (Phi) is 10.6. The Hall–Kier alpha value is -3.01. The largest absolute Gasteiger partial charge is 0.481 e. The molecule has 10 heteroatoms. The van der Waals surface area contributed by atoms with E-state index in [0.717, 1.165) is 75.6 Å². The number of H-pyrrole nitrogens is 1. The number of aromatic nitrogens is 2. The van der Waals surface area contributed by atoms with Crippen molar-refractivity contribution in [2.24, 2.45) is 68.0 Å². The highest BCUT2D eigenvalue weighted by atomic mass is 16.5. The van der Waals surface area contributed by atoms with Crippen LogP contribution in [0.3, 0.4) is 0 Å². The number of carbonyl (C=O) groups is 4. The fraction of sp³-hybridized carbons (Fsp3) is 0.812. The first kappa shape index (κ1) is 43.1. The van der Waals surface area contributed by atoms with E-state index in [9.17, 15) is 24.3 Å². The zero-order valence-corrected chi connectivity index (χ0v) is 37.7. The summed E-state index contributed by atoms with van der Waals surface area (Å²) in [6.07, 6.45) is 10.2. The molecule has 0 radical (unpaired) electrons. The van der Waals surface area contributed by atoms with Crippen molar-refractivity contribution in [1.82, 2.24) is 20.8 Å². The van der Waals surface area contributed by atoms with Gasteiger partial charge in [0.15, 0.2) is 5.78 Å². The van der Waals surface area contributed by atoms with Crippen LogP contribution in [0.25, 0.3) is 0 Å². The number of esters is 1. The van der Waals surface area contributed by atoms with Crippen molar-refractivity contribution in [3.8, 4) is 0 Å². The number of rotatable bonds is 11. The summed E-state index contributed by atoms with van der Waals surface area (Å²) in [6, 6.07) is 1.76. The molecule has 0 aliphatic heterocycles. The molecule has 6 aliphatic carbocycles. The minimum Gasteiger partial charge on any atom is -0.481 e. The molecule has 0 aromatic carbocycles. The van der Waals surface area contributed by atoms with Crippen LogP contribution in [0.1, 0.15) is 163 Å². The van der Waals surface area contributed by atoms with E-state index in [0.29, 0.717) is 48.6 Å². The predicted octanol–water partition coefficient (Wildman–Crippen LogP) is 8.85. The Morgan fingerprint density at radius 2 is 1.64 bits per heavy atom. The van der Waals surface area contributed by atoms with Gasteiger partial charge in [0.1, 0.15) is 11.8 Å². The maximum absolute atomic E-state index is 14.1. The lowest BCUT2D eigenvalue weighted by Gasteiger charge is -2.72. The average Bonchev–Trinajstić information content (AvgIpc) is 3.68. The molecule has 322 valence electrons. The van der Waals surface area contributed by atoms with Gasteiger partial charge in [0.2, 0.25) is 0 Å². The van der Waals surface area contributed by atoms with Gasteiger partial charge in [-0.05, 0) is 148 Å². The minimum absolute atomic E-state index is 0.0716. The minimum atomic E-state index is -0.825. The van der Waals surface area contributed by atoms with Gasteiger partial charge in [0, 0.05) is 29.3 Å². The number of aromatic amines is 1. The van der Waals surface area contributed by atoms with E-state index >= 15 is 0 Å². The molecule has 5 fully saturated rings. The number of amides is 1. The van der Waals surface area contributed by atoms with Gasteiger partial charge in [-0.15, -0.1) is 0 Å². The van der Waals surface area contributed by atoms with Gasteiger partial charge in [0.25, 0.3) is 5.91 Å². The third-order valence-electron chi connectivity index (χ3n) is 18.4. The first-order valence-corrected chi connectivity index (χ1v) is 22.6. The summed E-state index contributed by atoms with van der Waals surface area (Å²) in [5, 5.41) is 23.4. The van der Waals surface area contributed by atoms with Crippen molar-refractivity contribution < 1.29 is 29.0 Å². The van der Waals surface area contributed by atoms with Crippen LogP contribution in [0.5, 0.6) is 0 Å². The second-order valence-corrected chi connectivity index (χ2v) is 23.0. The molecule has 0 saturated heterocycles. The second kappa shape index (κ2) is 14.3. The Balaban J connectivity index is 1.07. The van der Waals surface area contributed by atoms with Crippen LogP contribution in [0, 0.1) is 74.9 Å². The Morgan fingerprint density at radius 1 is 0.931 bits per heavy atom. The molecule has 4 N–H and O–H groups in total. The van der Waals surface area contributed by atoms with Gasteiger partial charge < -0.3 is 20.5 Å². The van der Waals surface area contributed by atoms with E-state index < -0.39 is 22.8 Å². The van der Waals surface area contributed by atoms with Gasteiger partial charge in [-0.3, -0.25) is 24.3 Å². The summed E-state index contributed by atoms with van der Waals surface area (Å²) in [5.41, 5.74) is 2.76. The van der Waals surface area contributed by atoms with Gasteiger partial charge in [-0.2, -0.15) is 5.10 Å². The van der Waals surface area contributed by atoms with Crippen molar-refractivity contribution in [1.29, 1.82) is 0 Å². The molecule has 10 atom stereocenters. The average molecular weight is 803 g/mol. The first-order valence-electron chi connectivity index (χ1n) is 22.6. The molecule has 58 heavy (non-hydrogen) atoms. The van der Waals surface area contributed by atoms with Gasteiger partial charge >= 0.3 is 11.9 Å². The van der Waals surface area contributed by atoms with Crippen LogP contribution in [-0.4, -0.2) is 63.7 Å². The normalized spacial score (nSPS) is 38.9. The second-order valence-electron chi connectivity index (χ2n) is 23.0. The number of carboxylic acid groups (broad SMARTS) is 1. The highest BCUT2D eigenvalue weighted by Gasteiger charge is 2.70. The predicted molar refractivity (Wildman–Crippen MR) is 225 cm³/mol. The topological polar surface area (TPSA) is 150 Å². The van der Waals surface area contributed by atoms with E-state index in [2.05, 4.69) is 69.3 Å². The molecule has 5 saturated carbocycles. The number of aliphatic carboxylic acids is 1. The number of fused-ring (bicyclic) bond motifs is 7. The Bertz CT molecular complexity index is 1870. The quantitative estimate of drug-likeness (QED) is 0.128. The molecule has 1 aromatic rings. The van der Waals surface area contributed by atoms with Crippen LogP contribution in [-0.2, 0) is 19.1 Å². The van der Waals surface area contributed by atoms with Crippen LogP contribution in [0.4, 0.5) is 0 Å². The third kappa shape index (κ3) is 6.54. The van der Waals surface area contributed by atoms with Crippen molar-refractivity contribution >= 4 is 23.6 Å². The lowest BCUT2D eigenvalue weighted by molar-refractivity contribution is -0.236. The summed E-state index contributed by atoms with van der Waals surface area (Å²) in [6.45, 7) is 28.0. The van der Waals surface area contributed by atoms with Crippen LogP contribution in [0.15, 0.2) is 17.2 Å². The molecule has 0 bridgehead atoms. The molecule has 0 spiro atoms. The molecule has 10 nitrogen and oxygen atoms in total. The van der Waals surface area contributed by atoms with E-state index in [4.69, 9.17) is 4.74 Å². The SMILES string of the molecule is Cc1cc(C(=O)NC(C)(C)CNCC[C@@]23CC[C@]4(C)[C@H](CC[C@@H]5[C@@]6(C)CC[C@H](OC(=O)[C@H]7C[C@@H](C(=O)O)C7(C)C)C(C)(C)[C@@H]6CC[C@]54C)C2=C(C(C)C)C(=O)C3)[nH]n1. The van der Waals surface area contributed by atoms with E-state index in [1.54, 1.807) is 6.07 Å². The highest BCUT2D eigenvalue weighted by molar-refractivity contribution is 6.00. The Labute approximate surface area is 347 Å². The number of allylic oxidation sites excluding steroid dienone is 2. The molecule has 1 aromatic heterocycles. The first-order chi connectivity index (χ1) is 26.8. The number of ether oxygens (including phenoxy) is 1. The lowest BCUT2D eigenvalue weighted by Crippen LogP contribution is -2.66. The van der Waals surface area contributed by atoms with Crippen LogP contribution < -0.4 is 10.6 Å². The number of ketones is 1. The molecule has 1 heterocycles. The van der Waals surface area contributed by atoms with Gasteiger partial charge in [0.05, 0.1) is 17.5 Å². The lowest BCUT2D eigenvalue weighted by atomic mass is 9.33. The number of nitrogens with zero attached hydrogens (tertiary/aromatic N) is 1. The third-order valence-corrected chi connectivity index (χ3v) is 18.4. The van der Waals surface area contributed by atoms with Crippen molar-refractivity contribution in [3.63, 3.8) is 0 Å². The Morgan fingerprint density at radius 3 is 2.26 bits per heavy atom. The number of hydrogen-bond acceptors (Lipinski definition) is 7. The fourth-order valence-corrected chi connectivity index (χ4v) is 14.9. The van der Waals surface area contributed by atoms with E-state index in [1.807, 2.05) is 34.6 Å². The number of aryl methyl sites for hydroxylation is 1. The molecule has 1 amide bonds. The number of carbonyl (C=O) groups excluding carboxylic acids is 3. The van der Waals surface area contributed by atoms with Crippen molar-refractivity contribution in [3.05, 3.63) is 28.6 Å². The van der Waals surface area contributed by atoms with Crippen molar-refractivity contribution in [2.45, 2.75) is 165 Å². The number of nitrogens with one attached hydrogen (secondary N) is 3. The monoisotopic (exact) mass is 803 g/mol. The standard InChI is InChI=1S/C48H74N4O6/c1-27(2)37-33(53)25-48(21-22-49-26-42(4,5)50-39(54)32-23-28(3)51-52-32)20-19-46(11)29(38(37)48)13-14-35-45(10)17-16-36(44(8,9)34(45)15-18-47(35,46)12)58-41(57)31-24-30(40(55)56)43(31,6)7/h23,27,29-31,34-36,49H,13-22,24-26H2,1-12H3,(H,50,54)(H,51,52)(H,55,56)/t29-,30+,31-,34+,35-,36+,45+,46-,47-,48-/m1/s1. The maximum Gasteiger partial charge on any atom is 0.309 e. The van der Waals surface area contributed by atoms with Gasteiger partial charge in [-0.25, -0.2) is 0 Å². The number of hydrogen-bond donors (Lipinski definition) is 4. The number of Topliss-reactive ketones (excluding diaryl/α,β-unsaturated/α-hetero) is 1. The van der Waals surface area contributed by atoms with Crippen LogP contribution >= 0.6 is 0 Å². The van der Waals surface area contributed by atoms with E-state index in [-0.39, 0.29) is 56.9 Å². The zero-order chi connectivity index (χ0) is 42.6. The molecular formula is C48H74N4O6. The van der Waals surface area contributed by atoms with Gasteiger partial charge in [-0.1, -0.05) is 67.9 Å². The molecular weight excluding hydrogens is 729 g/mol. The highest BCUT2D eigenvalue weighted by Crippen LogP contribution is 2.77. The summed E-state index contributed by atoms with van der Waals surface area (Å²) in [5.74, 6) is -0.200. The van der Waals surface area contributed by atoms with Crippen molar-refractivity contribution in [2.75, 3.05) is 13.1 Å². The molecule has 7 rings (SSSR count). The fourth-order valence-electron chi connectivity index (χ4n) is 14.9.